The number of nitrogens with zero attached hydrogens (tertiary/aromatic N) is 2. The topological polar surface area (TPSA) is 59.0 Å². The highest BCUT2D eigenvalue weighted by atomic mass is 16.2. The number of amides is 2. The van der Waals surface area contributed by atoms with Gasteiger partial charge >= 0.3 is 6.03 Å². The van der Waals surface area contributed by atoms with E-state index in [9.17, 15) is 4.79 Å². The summed E-state index contributed by atoms with van der Waals surface area (Å²) in [5.41, 5.74) is 3.44. The minimum absolute atomic E-state index is 0.0977. The molecule has 0 saturated carbocycles. The average Bonchev–Trinajstić information content (AvgIpc) is 2.94. The Bertz CT molecular complexity index is 647. The third-order valence-electron chi connectivity index (χ3n) is 3.68. The first-order valence-electron chi connectivity index (χ1n) is 6.79. The van der Waals surface area contributed by atoms with Crippen LogP contribution in [0, 0.1) is 6.92 Å². The molecule has 0 spiro atoms. The largest absolute Gasteiger partial charge is 0.331 e. The van der Waals surface area contributed by atoms with E-state index in [1.807, 2.05) is 32.2 Å². The van der Waals surface area contributed by atoms with Crippen LogP contribution in [0.25, 0.3) is 0 Å². The van der Waals surface area contributed by atoms with Crippen LogP contribution in [0.2, 0.25) is 0 Å². The SMILES string of the molecule is Cc1cc(NC(=O)NC2CCc3ccccc32)n(C)n1. The number of carbonyl (C=O) groups excluding carboxylic acids is 1. The third kappa shape index (κ3) is 2.39. The first-order chi connectivity index (χ1) is 9.63. The molecule has 0 saturated heterocycles. The van der Waals surface area contributed by atoms with Crippen molar-refractivity contribution in [1.82, 2.24) is 15.1 Å². The molecule has 1 heterocycles. The Kier molecular flexibility index (Phi) is 3.18. The lowest BCUT2D eigenvalue weighted by atomic mass is 10.1. The lowest BCUT2D eigenvalue weighted by molar-refractivity contribution is 0.248. The Hall–Kier alpha value is -2.30. The van der Waals surface area contributed by atoms with Crippen molar-refractivity contribution in [3.05, 3.63) is 47.2 Å². The molecule has 104 valence electrons. The van der Waals surface area contributed by atoms with Gasteiger partial charge in [0.25, 0.3) is 0 Å². The van der Waals surface area contributed by atoms with Gasteiger partial charge in [0.05, 0.1) is 11.7 Å². The molecule has 0 bridgehead atoms. The van der Waals surface area contributed by atoms with Gasteiger partial charge in [0, 0.05) is 13.1 Å². The second-order valence-corrected chi connectivity index (χ2v) is 5.18. The summed E-state index contributed by atoms with van der Waals surface area (Å²) in [7, 11) is 1.81. The molecular formula is C15H18N4O. The lowest BCUT2D eigenvalue weighted by Crippen LogP contribution is -2.32. The van der Waals surface area contributed by atoms with Crippen LogP contribution in [-0.4, -0.2) is 15.8 Å². The van der Waals surface area contributed by atoms with Gasteiger partial charge in [-0.15, -0.1) is 0 Å². The molecule has 0 aliphatic heterocycles. The number of carbonyl (C=O) groups is 1. The quantitative estimate of drug-likeness (QED) is 0.881. The van der Waals surface area contributed by atoms with Crippen molar-refractivity contribution in [2.45, 2.75) is 25.8 Å². The molecule has 1 aliphatic rings. The molecule has 20 heavy (non-hydrogen) atoms. The maximum absolute atomic E-state index is 12.1. The molecule has 5 nitrogen and oxygen atoms in total. The van der Waals surface area contributed by atoms with Gasteiger partial charge in [0.1, 0.15) is 5.82 Å². The van der Waals surface area contributed by atoms with E-state index < -0.39 is 0 Å². The number of benzene rings is 1. The van der Waals surface area contributed by atoms with Crippen molar-refractivity contribution in [3.8, 4) is 0 Å². The van der Waals surface area contributed by atoms with Crippen LogP contribution < -0.4 is 10.6 Å². The Balaban J connectivity index is 1.67. The van der Waals surface area contributed by atoms with Crippen LogP contribution >= 0.6 is 0 Å². The number of aromatic nitrogens is 2. The van der Waals surface area contributed by atoms with Gasteiger partial charge in [0.15, 0.2) is 0 Å². The molecule has 1 aliphatic carbocycles. The second kappa shape index (κ2) is 5.00. The van der Waals surface area contributed by atoms with Crippen molar-refractivity contribution in [2.24, 2.45) is 7.05 Å². The van der Waals surface area contributed by atoms with Crippen molar-refractivity contribution in [3.63, 3.8) is 0 Å². The van der Waals surface area contributed by atoms with E-state index in [1.54, 1.807) is 4.68 Å². The zero-order valence-corrected chi connectivity index (χ0v) is 11.7. The minimum Gasteiger partial charge on any atom is -0.331 e. The van der Waals surface area contributed by atoms with Gasteiger partial charge in [0.2, 0.25) is 0 Å². The summed E-state index contributed by atoms with van der Waals surface area (Å²) in [4.78, 5) is 12.1. The molecule has 2 aromatic rings. The molecular weight excluding hydrogens is 252 g/mol. The summed E-state index contributed by atoms with van der Waals surface area (Å²) in [6.45, 7) is 1.90. The molecule has 2 N–H and O–H groups in total. The van der Waals surface area contributed by atoms with Gasteiger partial charge < -0.3 is 5.32 Å². The normalized spacial score (nSPS) is 16.8. The van der Waals surface area contributed by atoms with E-state index >= 15 is 0 Å². The maximum Gasteiger partial charge on any atom is 0.320 e. The number of nitrogens with one attached hydrogen (secondary N) is 2. The molecule has 0 fully saturated rings. The molecule has 1 unspecified atom stereocenters. The molecule has 1 atom stereocenters. The first kappa shape index (κ1) is 12.7. The highest BCUT2D eigenvalue weighted by Crippen LogP contribution is 2.30. The fraction of sp³-hybridized carbons (Fsp3) is 0.333. The van der Waals surface area contributed by atoms with E-state index in [-0.39, 0.29) is 12.1 Å². The second-order valence-electron chi connectivity index (χ2n) is 5.18. The summed E-state index contributed by atoms with van der Waals surface area (Å²) in [5.74, 6) is 0.700. The van der Waals surface area contributed by atoms with Crippen LogP contribution in [0.1, 0.15) is 29.3 Å². The molecule has 2 amide bonds. The van der Waals surface area contributed by atoms with Crippen molar-refractivity contribution < 1.29 is 4.79 Å². The molecule has 1 aromatic carbocycles. The van der Waals surface area contributed by atoms with Crippen LogP contribution in [-0.2, 0) is 13.5 Å². The Morgan fingerprint density at radius 1 is 1.40 bits per heavy atom. The van der Waals surface area contributed by atoms with Crippen LogP contribution in [0.5, 0.6) is 0 Å². The summed E-state index contributed by atoms with van der Waals surface area (Å²) in [6.07, 6.45) is 1.98. The summed E-state index contributed by atoms with van der Waals surface area (Å²) >= 11 is 0. The monoisotopic (exact) mass is 270 g/mol. The standard InChI is InChI=1S/C15H18N4O/c1-10-9-14(19(2)18-10)17-15(20)16-13-8-7-11-5-3-4-6-12(11)13/h3-6,9,13H,7-8H2,1-2H3,(H2,16,17,20). The smallest absolute Gasteiger partial charge is 0.320 e. The van der Waals surface area contributed by atoms with Crippen LogP contribution in [0.4, 0.5) is 10.6 Å². The van der Waals surface area contributed by atoms with Crippen molar-refractivity contribution >= 4 is 11.8 Å². The predicted octanol–water partition coefficient (Wildman–Crippen LogP) is 2.54. The summed E-state index contributed by atoms with van der Waals surface area (Å²) < 4.78 is 1.66. The molecule has 0 radical (unpaired) electrons. The summed E-state index contributed by atoms with van der Waals surface area (Å²) in [6, 6.07) is 10.0. The van der Waals surface area contributed by atoms with E-state index in [4.69, 9.17) is 0 Å². The number of anilines is 1. The average molecular weight is 270 g/mol. The third-order valence-corrected chi connectivity index (χ3v) is 3.68. The lowest BCUT2D eigenvalue weighted by Gasteiger charge is -2.14. The van der Waals surface area contributed by atoms with E-state index in [2.05, 4.69) is 27.9 Å². The Morgan fingerprint density at radius 3 is 2.95 bits per heavy atom. The fourth-order valence-corrected chi connectivity index (χ4v) is 2.75. The van der Waals surface area contributed by atoms with Crippen molar-refractivity contribution in [1.29, 1.82) is 0 Å². The Morgan fingerprint density at radius 2 is 2.20 bits per heavy atom. The number of rotatable bonds is 2. The maximum atomic E-state index is 12.1. The van der Waals surface area contributed by atoms with Crippen LogP contribution in [0.3, 0.4) is 0 Å². The van der Waals surface area contributed by atoms with Gasteiger partial charge in [-0.3, -0.25) is 10.00 Å². The van der Waals surface area contributed by atoms with Gasteiger partial charge in [-0.2, -0.15) is 5.10 Å². The molecule has 1 aromatic heterocycles. The first-order valence-corrected chi connectivity index (χ1v) is 6.79. The van der Waals surface area contributed by atoms with Crippen LogP contribution in [0.15, 0.2) is 30.3 Å². The predicted molar refractivity (Wildman–Crippen MR) is 77.6 cm³/mol. The number of fused-ring (bicyclic) bond motifs is 1. The van der Waals surface area contributed by atoms with E-state index in [0.29, 0.717) is 5.82 Å². The van der Waals surface area contributed by atoms with E-state index in [0.717, 1.165) is 18.5 Å². The molecule has 3 rings (SSSR count). The fourth-order valence-electron chi connectivity index (χ4n) is 2.75. The van der Waals surface area contributed by atoms with Gasteiger partial charge in [-0.05, 0) is 30.9 Å². The zero-order valence-electron chi connectivity index (χ0n) is 11.7. The highest BCUT2D eigenvalue weighted by Gasteiger charge is 2.23. The van der Waals surface area contributed by atoms with Gasteiger partial charge in [-0.1, -0.05) is 24.3 Å². The van der Waals surface area contributed by atoms with Gasteiger partial charge in [-0.25, -0.2) is 4.79 Å². The number of hydrogen-bond donors (Lipinski definition) is 2. The van der Waals surface area contributed by atoms with Crippen molar-refractivity contribution in [2.75, 3.05) is 5.32 Å². The Labute approximate surface area is 118 Å². The van der Waals surface area contributed by atoms with E-state index in [1.165, 1.54) is 11.1 Å². The number of aryl methyl sites for hydroxylation is 3. The zero-order chi connectivity index (χ0) is 14.1. The molecule has 5 heteroatoms. The number of hydrogen-bond acceptors (Lipinski definition) is 2. The minimum atomic E-state index is -0.185. The highest BCUT2D eigenvalue weighted by molar-refractivity contribution is 5.88. The number of urea groups is 1. The summed E-state index contributed by atoms with van der Waals surface area (Å²) in [5, 5.41) is 10.1.